The Bertz CT molecular complexity index is 1110. The Morgan fingerprint density at radius 2 is 1.77 bits per heavy atom. The molecular weight excluding hydrogens is 338 g/mol. The smallest absolute Gasteiger partial charge is 0.332 e. The van der Waals surface area contributed by atoms with E-state index in [1.54, 1.807) is 0 Å². The number of nitrogens with two attached hydrogens (primary N) is 1. The van der Waals surface area contributed by atoms with Gasteiger partial charge in [0.1, 0.15) is 17.9 Å². The summed E-state index contributed by atoms with van der Waals surface area (Å²) in [7, 11) is 2.67. The fourth-order valence-electron chi connectivity index (χ4n) is 2.46. The first kappa shape index (κ1) is 17.3. The van der Waals surface area contributed by atoms with E-state index in [2.05, 4.69) is 15.4 Å². The molecule has 2 heterocycles. The van der Waals surface area contributed by atoms with Gasteiger partial charge in [0.05, 0.1) is 0 Å². The van der Waals surface area contributed by atoms with Gasteiger partial charge < -0.3 is 5.73 Å². The number of carbonyl (C=O) groups excluding carboxylic acids is 1. The molecule has 0 amide bonds. The van der Waals surface area contributed by atoms with Gasteiger partial charge in [-0.05, 0) is 12.1 Å². The molecule has 0 saturated heterocycles. The minimum absolute atomic E-state index is 0.193. The van der Waals surface area contributed by atoms with Crippen molar-refractivity contribution in [2.45, 2.75) is 13.5 Å². The third-order valence-electron chi connectivity index (χ3n) is 4.04. The van der Waals surface area contributed by atoms with Crippen LogP contribution in [-0.2, 0) is 20.6 Å². The lowest BCUT2D eigenvalue weighted by Gasteiger charge is -2.10. The zero-order valence-electron chi connectivity index (χ0n) is 14.5. The number of tetrazole rings is 1. The van der Waals surface area contributed by atoms with Crippen LogP contribution in [-0.4, -0.2) is 35.1 Å². The van der Waals surface area contributed by atoms with Crippen LogP contribution >= 0.6 is 0 Å². The number of carbonyl (C=O) groups is 1. The van der Waals surface area contributed by atoms with E-state index in [0.717, 1.165) is 25.1 Å². The highest BCUT2D eigenvalue weighted by Gasteiger charge is 2.21. The van der Waals surface area contributed by atoms with Gasteiger partial charge in [-0.15, -0.1) is 10.2 Å². The lowest BCUT2D eigenvalue weighted by Crippen LogP contribution is -2.42. The number of rotatable bonds is 4. The van der Waals surface area contributed by atoms with Gasteiger partial charge in [-0.1, -0.05) is 29.8 Å². The molecule has 134 valence electrons. The minimum atomic E-state index is -0.755. The standard InChI is InChI=1S/C16H17N7O3/c1-9-4-6-10(7-5-9)14-18-20-23(19-14)8-11(24)12-13(17)21(2)16(26)22(3)15(12)25/h4-7H,8,17H2,1-3H3. The second-order valence-corrected chi connectivity index (χ2v) is 5.90. The average Bonchev–Trinajstić information content (AvgIpc) is 3.07. The Morgan fingerprint density at radius 1 is 1.12 bits per heavy atom. The number of nitrogen functional groups attached to an aromatic ring is 1. The SMILES string of the molecule is Cc1ccc(-c2nnn(CC(=O)c3c(N)n(C)c(=O)n(C)c3=O)n2)cc1. The predicted molar refractivity (Wildman–Crippen MR) is 93.7 cm³/mol. The van der Waals surface area contributed by atoms with Crippen LogP contribution in [0.1, 0.15) is 15.9 Å². The molecule has 10 nitrogen and oxygen atoms in total. The summed E-state index contributed by atoms with van der Waals surface area (Å²) in [5.74, 6) is -0.437. The molecule has 0 radical (unpaired) electrons. The Kier molecular flexibility index (Phi) is 4.24. The van der Waals surface area contributed by atoms with Crippen molar-refractivity contribution >= 4 is 11.6 Å². The number of aromatic nitrogens is 6. The van der Waals surface area contributed by atoms with Gasteiger partial charge in [0.25, 0.3) is 5.56 Å². The highest BCUT2D eigenvalue weighted by molar-refractivity contribution is 5.99. The summed E-state index contributed by atoms with van der Waals surface area (Å²) in [6, 6.07) is 7.52. The molecule has 0 bridgehead atoms. The predicted octanol–water partition coefficient (Wildman–Crippen LogP) is -0.489. The normalized spacial score (nSPS) is 10.9. The van der Waals surface area contributed by atoms with Crippen molar-refractivity contribution in [3.63, 3.8) is 0 Å². The number of ketones is 1. The number of aryl methyl sites for hydroxylation is 1. The van der Waals surface area contributed by atoms with Crippen LogP contribution < -0.4 is 17.0 Å². The fraction of sp³-hybridized carbons (Fsp3) is 0.250. The molecule has 0 atom stereocenters. The largest absolute Gasteiger partial charge is 0.384 e. The Morgan fingerprint density at radius 3 is 2.42 bits per heavy atom. The third kappa shape index (κ3) is 2.92. The maximum absolute atomic E-state index is 12.5. The van der Waals surface area contributed by atoms with Crippen LogP contribution in [0.3, 0.4) is 0 Å². The number of Topliss-reactive ketones (excluding diaryl/α,β-unsaturated/α-hetero) is 1. The molecular formula is C16H17N7O3. The molecule has 0 aliphatic heterocycles. The van der Waals surface area contributed by atoms with Gasteiger partial charge in [-0.25, -0.2) is 4.79 Å². The number of anilines is 1. The van der Waals surface area contributed by atoms with Crippen molar-refractivity contribution in [2.75, 3.05) is 5.73 Å². The van der Waals surface area contributed by atoms with E-state index in [0.29, 0.717) is 5.82 Å². The van der Waals surface area contributed by atoms with Crippen LogP contribution in [0.2, 0.25) is 0 Å². The summed E-state index contributed by atoms with van der Waals surface area (Å²) in [4.78, 5) is 37.7. The van der Waals surface area contributed by atoms with Crippen molar-refractivity contribution in [3.05, 3.63) is 56.2 Å². The summed E-state index contributed by atoms with van der Waals surface area (Å²) >= 11 is 0. The first-order valence-corrected chi connectivity index (χ1v) is 7.73. The molecule has 0 unspecified atom stereocenters. The Balaban J connectivity index is 1.92. The third-order valence-corrected chi connectivity index (χ3v) is 4.04. The number of hydrogen-bond acceptors (Lipinski definition) is 7. The lowest BCUT2D eigenvalue weighted by molar-refractivity contribution is 0.0959. The quantitative estimate of drug-likeness (QED) is 0.625. The minimum Gasteiger partial charge on any atom is -0.384 e. The van der Waals surface area contributed by atoms with E-state index in [-0.39, 0.29) is 17.9 Å². The van der Waals surface area contributed by atoms with E-state index in [1.165, 1.54) is 14.1 Å². The molecule has 2 aromatic heterocycles. The first-order valence-electron chi connectivity index (χ1n) is 7.73. The van der Waals surface area contributed by atoms with Gasteiger partial charge in [0, 0.05) is 19.7 Å². The van der Waals surface area contributed by atoms with Crippen LogP contribution in [0.25, 0.3) is 11.4 Å². The van der Waals surface area contributed by atoms with E-state index >= 15 is 0 Å². The van der Waals surface area contributed by atoms with Crippen LogP contribution in [0, 0.1) is 6.92 Å². The van der Waals surface area contributed by atoms with Crippen molar-refractivity contribution in [1.29, 1.82) is 0 Å². The fourth-order valence-corrected chi connectivity index (χ4v) is 2.46. The van der Waals surface area contributed by atoms with Gasteiger partial charge in [0.15, 0.2) is 5.78 Å². The topological polar surface area (TPSA) is 131 Å². The van der Waals surface area contributed by atoms with Crippen molar-refractivity contribution < 1.29 is 4.79 Å². The molecule has 2 N–H and O–H groups in total. The van der Waals surface area contributed by atoms with Crippen molar-refractivity contribution in [2.24, 2.45) is 14.1 Å². The summed E-state index contributed by atoms with van der Waals surface area (Å²) in [6.45, 7) is 1.64. The molecule has 0 saturated carbocycles. The van der Waals surface area contributed by atoms with Crippen LogP contribution in [0.4, 0.5) is 5.82 Å². The van der Waals surface area contributed by atoms with E-state index in [1.807, 2.05) is 31.2 Å². The van der Waals surface area contributed by atoms with Gasteiger partial charge in [-0.2, -0.15) is 4.80 Å². The van der Waals surface area contributed by atoms with Gasteiger partial charge in [-0.3, -0.25) is 18.7 Å². The monoisotopic (exact) mass is 355 g/mol. The second-order valence-electron chi connectivity index (χ2n) is 5.90. The average molecular weight is 355 g/mol. The highest BCUT2D eigenvalue weighted by Crippen LogP contribution is 2.14. The molecule has 1 aromatic carbocycles. The zero-order chi connectivity index (χ0) is 19.0. The van der Waals surface area contributed by atoms with E-state index in [4.69, 9.17) is 5.73 Å². The molecule has 26 heavy (non-hydrogen) atoms. The van der Waals surface area contributed by atoms with E-state index < -0.39 is 17.0 Å². The van der Waals surface area contributed by atoms with Crippen LogP contribution in [0.15, 0.2) is 33.9 Å². The number of benzene rings is 1. The molecule has 3 rings (SSSR count). The maximum Gasteiger partial charge on any atom is 0.332 e. The summed E-state index contributed by atoms with van der Waals surface area (Å²) in [5.41, 5.74) is 6.00. The second kappa shape index (κ2) is 6.39. The summed E-state index contributed by atoms with van der Waals surface area (Å²) < 4.78 is 1.87. The van der Waals surface area contributed by atoms with Crippen molar-refractivity contribution in [3.8, 4) is 11.4 Å². The molecule has 0 aliphatic carbocycles. The number of hydrogen-bond donors (Lipinski definition) is 1. The molecule has 0 aliphatic rings. The molecule has 10 heteroatoms. The Hall–Kier alpha value is -3.56. The van der Waals surface area contributed by atoms with Gasteiger partial charge >= 0.3 is 5.69 Å². The summed E-state index contributed by atoms with van der Waals surface area (Å²) in [6.07, 6.45) is 0. The van der Waals surface area contributed by atoms with Crippen molar-refractivity contribution in [1.82, 2.24) is 29.3 Å². The first-order chi connectivity index (χ1) is 12.3. The lowest BCUT2D eigenvalue weighted by atomic mass is 10.1. The zero-order valence-corrected chi connectivity index (χ0v) is 14.5. The molecule has 0 spiro atoms. The highest BCUT2D eigenvalue weighted by atomic mass is 16.2. The molecule has 0 fully saturated rings. The Labute approximate surface area is 147 Å². The van der Waals surface area contributed by atoms with Crippen LogP contribution in [0.5, 0.6) is 0 Å². The summed E-state index contributed by atoms with van der Waals surface area (Å²) in [5, 5.41) is 11.9. The molecule has 3 aromatic rings. The number of nitrogens with zero attached hydrogens (tertiary/aromatic N) is 6. The van der Waals surface area contributed by atoms with E-state index in [9.17, 15) is 14.4 Å². The van der Waals surface area contributed by atoms with Gasteiger partial charge in [0.2, 0.25) is 5.82 Å². The maximum atomic E-state index is 12.5.